The summed E-state index contributed by atoms with van der Waals surface area (Å²) < 4.78 is 12.5. The van der Waals surface area contributed by atoms with E-state index in [2.05, 4.69) is 0 Å². The number of hydrogen-bond donors (Lipinski definition) is 0. The first-order valence-electron chi connectivity index (χ1n) is 9.31. The van der Waals surface area contributed by atoms with Crippen LogP contribution in [0.4, 0.5) is 0 Å². The van der Waals surface area contributed by atoms with Crippen LogP contribution in [0.2, 0.25) is 0 Å². The topological polar surface area (TPSA) is 78.5 Å². The van der Waals surface area contributed by atoms with Crippen molar-refractivity contribution in [3.05, 3.63) is 86.0 Å². The molecule has 6 heteroatoms. The van der Waals surface area contributed by atoms with Gasteiger partial charge in [0.1, 0.15) is 11.3 Å². The fraction of sp³-hybridized carbons (Fsp3) is 0.174. The maximum atomic E-state index is 13.2. The van der Waals surface area contributed by atoms with Gasteiger partial charge in [-0.1, -0.05) is 18.2 Å². The molecular weight excluding hydrogens is 370 g/mol. The van der Waals surface area contributed by atoms with E-state index in [4.69, 9.17) is 9.15 Å². The van der Waals surface area contributed by atoms with Crippen LogP contribution in [0, 0.1) is 6.92 Å². The lowest BCUT2D eigenvalue weighted by Gasteiger charge is -2.25. The van der Waals surface area contributed by atoms with Crippen molar-refractivity contribution in [3.8, 4) is 5.75 Å². The lowest BCUT2D eigenvalue weighted by molar-refractivity contribution is -0.135. The van der Waals surface area contributed by atoms with Gasteiger partial charge in [-0.3, -0.25) is 9.59 Å². The van der Waals surface area contributed by atoms with E-state index in [-0.39, 0.29) is 12.0 Å². The summed E-state index contributed by atoms with van der Waals surface area (Å²) in [4.78, 5) is 37.6. The van der Waals surface area contributed by atoms with Crippen LogP contribution in [0.15, 0.2) is 62.5 Å². The van der Waals surface area contributed by atoms with Crippen LogP contribution < -0.4 is 15.9 Å². The SMILES string of the molecule is Cc1cc(=O)oc2c3c(ccc12)OC(=O)CC3c1cc2ccccc2n(C)c1=O. The Morgan fingerprint density at radius 1 is 1.03 bits per heavy atom. The fourth-order valence-corrected chi connectivity index (χ4v) is 4.20. The zero-order chi connectivity index (χ0) is 20.3. The van der Waals surface area contributed by atoms with Gasteiger partial charge in [-0.2, -0.15) is 0 Å². The Bertz CT molecular complexity index is 1440. The number of aryl methyl sites for hydroxylation is 2. The molecule has 0 aliphatic carbocycles. The van der Waals surface area contributed by atoms with Crippen LogP contribution in [0.3, 0.4) is 0 Å². The van der Waals surface area contributed by atoms with E-state index in [0.717, 1.165) is 21.9 Å². The molecule has 0 saturated carbocycles. The Kier molecular flexibility index (Phi) is 3.71. The van der Waals surface area contributed by atoms with Gasteiger partial charge in [-0.25, -0.2) is 4.79 Å². The first-order valence-corrected chi connectivity index (χ1v) is 9.31. The quantitative estimate of drug-likeness (QED) is 0.284. The second kappa shape index (κ2) is 6.17. The highest BCUT2D eigenvalue weighted by molar-refractivity contribution is 5.90. The predicted octanol–water partition coefficient (Wildman–Crippen LogP) is 3.39. The van der Waals surface area contributed by atoms with Gasteiger partial charge < -0.3 is 13.7 Å². The molecule has 0 radical (unpaired) electrons. The van der Waals surface area contributed by atoms with E-state index < -0.39 is 17.5 Å². The normalized spacial score (nSPS) is 16.1. The summed E-state index contributed by atoms with van der Waals surface area (Å²) in [5, 5.41) is 1.65. The molecule has 0 spiro atoms. The maximum Gasteiger partial charge on any atom is 0.336 e. The number of para-hydroxylation sites is 1. The van der Waals surface area contributed by atoms with Gasteiger partial charge in [-0.15, -0.1) is 0 Å². The number of carbonyl (C=O) groups excluding carboxylic acids is 1. The minimum absolute atomic E-state index is 0.00263. The molecule has 4 aromatic rings. The van der Waals surface area contributed by atoms with Crippen LogP contribution in [-0.2, 0) is 11.8 Å². The number of nitrogens with zero attached hydrogens (tertiary/aromatic N) is 1. The van der Waals surface area contributed by atoms with Gasteiger partial charge in [0.25, 0.3) is 5.56 Å². The Morgan fingerprint density at radius 3 is 2.66 bits per heavy atom. The minimum atomic E-state index is -0.566. The second-order valence-electron chi connectivity index (χ2n) is 7.36. The summed E-state index contributed by atoms with van der Waals surface area (Å²) in [5.41, 5.74) is 2.30. The van der Waals surface area contributed by atoms with E-state index in [0.29, 0.717) is 22.5 Å². The molecule has 1 atom stereocenters. The average Bonchev–Trinajstić information content (AvgIpc) is 2.69. The summed E-state index contributed by atoms with van der Waals surface area (Å²) in [6.45, 7) is 1.82. The van der Waals surface area contributed by atoms with E-state index in [1.807, 2.05) is 37.3 Å². The van der Waals surface area contributed by atoms with Crippen molar-refractivity contribution in [1.29, 1.82) is 0 Å². The zero-order valence-electron chi connectivity index (χ0n) is 15.9. The summed E-state index contributed by atoms with van der Waals surface area (Å²) >= 11 is 0. The molecule has 144 valence electrons. The fourth-order valence-electron chi connectivity index (χ4n) is 4.20. The predicted molar refractivity (Wildman–Crippen MR) is 109 cm³/mol. The molecule has 1 aliphatic heterocycles. The van der Waals surface area contributed by atoms with Crippen molar-refractivity contribution in [2.45, 2.75) is 19.3 Å². The Labute approximate surface area is 165 Å². The molecule has 2 aromatic carbocycles. The van der Waals surface area contributed by atoms with Gasteiger partial charge in [0.15, 0.2) is 0 Å². The minimum Gasteiger partial charge on any atom is -0.426 e. The number of hydrogen-bond acceptors (Lipinski definition) is 5. The van der Waals surface area contributed by atoms with Crippen LogP contribution in [0.25, 0.3) is 21.9 Å². The number of fused-ring (bicyclic) bond motifs is 4. The number of rotatable bonds is 1. The number of aromatic nitrogens is 1. The van der Waals surface area contributed by atoms with Crippen molar-refractivity contribution in [2.24, 2.45) is 7.05 Å². The van der Waals surface area contributed by atoms with E-state index in [9.17, 15) is 14.4 Å². The Morgan fingerprint density at radius 2 is 1.83 bits per heavy atom. The lowest BCUT2D eigenvalue weighted by Crippen LogP contribution is -2.29. The van der Waals surface area contributed by atoms with Crippen molar-refractivity contribution in [3.63, 3.8) is 0 Å². The molecule has 0 N–H and O–H groups in total. The standard InChI is InChI=1S/C23H17NO5/c1-12-9-19(25)29-22-14(12)7-8-18-21(22)15(11-20(26)28-18)16-10-13-5-3-4-6-17(13)24(2)23(16)27/h3-10,15H,11H2,1-2H3. The first kappa shape index (κ1) is 17.4. The molecule has 29 heavy (non-hydrogen) atoms. The molecule has 3 heterocycles. The third kappa shape index (κ3) is 2.60. The number of carbonyl (C=O) groups is 1. The monoisotopic (exact) mass is 387 g/mol. The first-order chi connectivity index (χ1) is 13.9. The van der Waals surface area contributed by atoms with Gasteiger partial charge in [0.05, 0.1) is 11.9 Å². The Balaban J connectivity index is 1.87. The molecule has 0 bridgehead atoms. The van der Waals surface area contributed by atoms with Crippen molar-refractivity contribution >= 4 is 27.8 Å². The van der Waals surface area contributed by atoms with Crippen molar-refractivity contribution < 1.29 is 13.9 Å². The lowest BCUT2D eigenvalue weighted by atomic mass is 9.85. The Hall–Kier alpha value is -3.67. The molecule has 5 rings (SSSR count). The highest BCUT2D eigenvalue weighted by Gasteiger charge is 2.33. The van der Waals surface area contributed by atoms with Gasteiger partial charge in [-0.05, 0) is 42.1 Å². The number of benzene rings is 2. The average molecular weight is 387 g/mol. The summed E-state index contributed by atoms with van der Waals surface area (Å²) in [6, 6.07) is 14.3. The van der Waals surface area contributed by atoms with E-state index in [1.165, 1.54) is 6.07 Å². The van der Waals surface area contributed by atoms with Gasteiger partial charge in [0.2, 0.25) is 0 Å². The number of ether oxygens (including phenoxy) is 1. The molecule has 0 amide bonds. The van der Waals surface area contributed by atoms with Gasteiger partial charge >= 0.3 is 11.6 Å². The molecule has 1 unspecified atom stereocenters. The van der Waals surface area contributed by atoms with Crippen LogP contribution in [-0.4, -0.2) is 10.5 Å². The van der Waals surface area contributed by atoms with Crippen molar-refractivity contribution in [2.75, 3.05) is 0 Å². The highest BCUT2D eigenvalue weighted by atomic mass is 16.5. The smallest absolute Gasteiger partial charge is 0.336 e. The van der Waals surface area contributed by atoms with Crippen LogP contribution in [0.1, 0.15) is 29.0 Å². The van der Waals surface area contributed by atoms with E-state index in [1.54, 1.807) is 23.7 Å². The molecule has 1 aliphatic rings. The maximum absolute atomic E-state index is 13.2. The molecular formula is C23H17NO5. The second-order valence-corrected chi connectivity index (χ2v) is 7.36. The number of esters is 1. The number of pyridine rings is 1. The van der Waals surface area contributed by atoms with Crippen molar-refractivity contribution in [1.82, 2.24) is 4.57 Å². The highest BCUT2D eigenvalue weighted by Crippen LogP contribution is 2.42. The van der Waals surface area contributed by atoms with E-state index >= 15 is 0 Å². The third-order valence-corrected chi connectivity index (χ3v) is 5.60. The molecule has 0 fully saturated rings. The largest absolute Gasteiger partial charge is 0.426 e. The molecule has 6 nitrogen and oxygen atoms in total. The summed E-state index contributed by atoms with van der Waals surface area (Å²) in [5.74, 6) is -0.669. The van der Waals surface area contributed by atoms with Crippen LogP contribution in [0.5, 0.6) is 5.75 Å². The summed E-state index contributed by atoms with van der Waals surface area (Å²) in [7, 11) is 1.71. The zero-order valence-corrected chi connectivity index (χ0v) is 15.9. The molecule has 2 aromatic heterocycles. The summed E-state index contributed by atoms with van der Waals surface area (Å²) in [6.07, 6.45) is -0.00263. The van der Waals surface area contributed by atoms with Gasteiger partial charge in [0, 0.05) is 35.5 Å². The van der Waals surface area contributed by atoms with Crippen LogP contribution >= 0.6 is 0 Å². The third-order valence-electron chi connectivity index (χ3n) is 5.60. The molecule has 0 saturated heterocycles.